The Morgan fingerprint density at radius 1 is 1.50 bits per heavy atom. The standard InChI is InChI=1S/C10H13NO3/c1-3-11-7-6-9(8(2)12)4-5-10(13)14/h3-8,12H,1H2,2H3,(H,13,14)/b5-4+,9-6+,11-7+. The van der Waals surface area contributed by atoms with Gasteiger partial charge in [0.2, 0.25) is 0 Å². The van der Waals surface area contributed by atoms with E-state index in [9.17, 15) is 9.90 Å². The second kappa shape index (κ2) is 6.80. The number of allylic oxidation sites excluding steroid dienone is 1. The lowest BCUT2D eigenvalue weighted by Crippen LogP contribution is -2.03. The zero-order chi connectivity index (χ0) is 11.0. The van der Waals surface area contributed by atoms with E-state index in [2.05, 4.69) is 11.6 Å². The lowest BCUT2D eigenvalue weighted by atomic mass is 10.1. The van der Waals surface area contributed by atoms with Crippen LogP contribution in [-0.2, 0) is 4.79 Å². The summed E-state index contributed by atoms with van der Waals surface area (Å²) in [6.07, 6.45) is 5.84. The van der Waals surface area contributed by atoms with Gasteiger partial charge in [0, 0.05) is 18.5 Å². The van der Waals surface area contributed by atoms with Gasteiger partial charge in [-0.25, -0.2) is 4.79 Å². The maximum Gasteiger partial charge on any atom is 0.328 e. The third-order valence-electron chi connectivity index (χ3n) is 1.36. The third kappa shape index (κ3) is 5.91. The molecule has 0 fully saturated rings. The number of carboxylic acids is 1. The summed E-state index contributed by atoms with van der Waals surface area (Å²) in [5.41, 5.74) is 0.470. The predicted molar refractivity (Wildman–Crippen MR) is 55.2 cm³/mol. The smallest absolute Gasteiger partial charge is 0.328 e. The Morgan fingerprint density at radius 2 is 2.14 bits per heavy atom. The highest BCUT2D eigenvalue weighted by atomic mass is 16.4. The number of hydrogen-bond acceptors (Lipinski definition) is 3. The molecule has 0 heterocycles. The number of aliphatic carboxylic acids is 1. The van der Waals surface area contributed by atoms with Gasteiger partial charge >= 0.3 is 5.97 Å². The number of aliphatic imine (C=N–C) groups is 1. The number of rotatable bonds is 5. The van der Waals surface area contributed by atoms with Crippen LogP contribution in [0.2, 0.25) is 0 Å². The molecule has 0 amide bonds. The van der Waals surface area contributed by atoms with Crippen molar-refractivity contribution in [1.29, 1.82) is 0 Å². The maximum absolute atomic E-state index is 10.2. The molecule has 0 aliphatic carbocycles. The number of carbonyl (C=O) groups is 1. The Bertz CT molecular complexity index is 288. The van der Waals surface area contributed by atoms with Crippen LogP contribution in [0.5, 0.6) is 0 Å². The molecular formula is C10H13NO3. The summed E-state index contributed by atoms with van der Waals surface area (Å²) in [7, 11) is 0. The molecule has 4 nitrogen and oxygen atoms in total. The first-order valence-corrected chi connectivity index (χ1v) is 4.01. The van der Waals surface area contributed by atoms with Crippen LogP contribution >= 0.6 is 0 Å². The van der Waals surface area contributed by atoms with E-state index in [4.69, 9.17) is 5.11 Å². The van der Waals surface area contributed by atoms with Crippen LogP contribution in [-0.4, -0.2) is 28.5 Å². The first-order chi connectivity index (χ1) is 6.57. The highest BCUT2D eigenvalue weighted by Crippen LogP contribution is 2.02. The van der Waals surface area contributed by atoms with E-state index in [0.29, 0.717) is 5.57 Å². The summed E-state index contributed by atoms with van der Waals surface area (Å²) in [6.45, 7) is 4.92. The van der Waals surface area contributed by atoms with Gasteiger partial charge in [-0.3, -0.25) is 4.99 Å². The van der Waals surface area contributed by atoms with Gasteiger partial charge < -0.3 is 10.2 Å². The average molecular weight is 195 g/mol. The van der Waals surface area contributed by atoms with E-state index in [0.717, 1.165) is 6.08 Å². The van der Waals surface area contributed by atoms with Gasteiger partial charge in [0.15, 0.2) is 0 Å². The van der Waals surface area contributed by atoms with E-state index in [1.54, 1.807) is 6.92 Å². The predicted octanol–water partition coefficient (Wildman–Crippen LogP) is 1.15. The largest absolute Gasteiger partial charge is 0.478 e. The van der Waals surface area contributed by atoms with Gasteiger partial charge in [-0.05, 0) is 24.6 Å². The molecule has 1 atom stereocenters. The van der Waals surface area contributed by atoms with Crippen molar-refractivity contribution in [2.75, 3.05) is 0 Å². The first kappa shape index (κ1) is 12.3. The molecule has 0 aromatic heterocycles. The molecule has 0 spiro atoms. The molecule has 0 aliphatic rings. The van der Waals surface area contributed by atoms with E-state index >= 15 is 0 Å². The van der Waals surface area contributed by atoms with Gasteiger partial charge in [-0.1, -0.05) is 6.58 Å². The highest BCUT2D eigenvalue weighted by molar-refractivity contribution is 5.81. The summed E-state index contributed by atoms with van der Waals surface area (Å²) in [4.78, 5) is 13.9. The van der Waals surface area contributed by atoms with Crippen molar-refractivity contribution in [3.63, 3.8) is 0 Å². The van der Waals surface area contributed by atoms with Gasteiger partial charge in [0.1, 0.15) is 0 Å². The van der Waals surface area contributed by atoms with Crippen molar-refractivity contribution >= 4 is 12.2 Å². The molecular weight excluding hydrogens is 182 g/mol. The molecule has 0 aromatic carbocycles. The van der Waals surface area contributed by atoms with Crippen molar-refractivity contribution in [1.82, 2.24) is 0 Å². The van der Waals surface area contributed by atoms with E-state index in [1.165, 1.54) is 24.6 Å². The molecule has 0 saturated carbocycles. The molecule has 2 N–H and O–H groups in total. The van der Waals surface area contributed by atoms with Crippen LogP contribution in [0.25, 0.3) is 0 Å². The quantitative estimate of drug-likeness (QED) is 0.392. The van der Waals surface area contributed by atoms with Crippen LogP contribution in [0.1, 0.15) is 6.92 Å². The SMILES string of the molecule is C=C/N=C/C=C(\C=C\C(=O)O)C(C)O. The minimum absolute atomic E-state index is 0.470. The van der Waals surface area contributed by atoms with Crippen molar-refractivity contribution in [2.45, 2.75) is 13.0 Å². The Balaban J connectivity index is 4.59. The molecule has 76 valence electrons. The van der Waals surface area contributed by atoms with E-state index in [-0.39, 0.29) is 0 Å². The first-order valence-electron chi connectivity index (χ1n) is 4.01. The minimum Gasteiger partial charge on any atom is -0.478 e. The Kier molecular flexibility index (Phi) is 5.98. The van der Waals surface area contributed by atoms with Crippen LogP contribution < -0.4 is 0 Å². The zero-order valence-electron chi connectivity index (χ0n) is 7.92. The molecule has 0 aliphatic heterocycles. The van der Waals surface area contributed by atoms with Crippen LogP contribution in [0.4, 0.5) is 0 Å². The lowest BCUT2D eigenvalue weighted by Gasteiger charge is -2.02. The number of hydrogen-bond donors (Lipinski definition) is 2. The zero-order valence-corrected chi connectivity index (χ0v) is 7.92. The fourth-order valence-corrected chi connectivity index (χ4v) is 0.692. The lowest BCUT2D eigenvalue weighted by molar-refractivity contribution is -0.131. The maximum atomic E-state index is 10.2. The van der Waals surface area contributed by atoms with E-state index in [1.807, 2.05) is 0 Å². The average Bonchev–Trinajstić information content (AvgIpc) is 2.10. The van der Waals surface area contributed by atoms with Crippen molar-refractivity contribution in [3.05, 3.63) is 36.6 Å². The van der Waals surface area contributed by atoms with Crippen LogP contribution in [0.3, 0.4) is 0 Å². The fraction of sp³-hybridized carbons (Fsp3) is 0.200. The molecule has 0 rings (SSSR count). The molecule has 1 unspecified atom stereocenters. The summed E-state index contributed by atoms with van der Waals surface area (Å²) in [5.74, 6) is -1.06. The molecule has 4 heteroatoms. The minimum atomic E-state index is -1.06. The van der Waals surface area contributed by atoms with Gasteiger partial charge in [-0.2, -0.15) is 0 Å². The highest BCUT2D eigenvalue weighted by Gasteiger charge is 1.99. The van der Waals surface area contributed by atoms with Crippen LogP contribution in [0, 0.1) is 0 Å². The number of nitrogens with zero attached hydrogens (tertiary/aromatic N) is 1. The van der Waals surface area contributed by atoms with Crippen molar-refractivity contribution < 1.29 is 15.0 Å². The number of carboxylic acid groups (broad SMARTS) is 1. The van der Waals surface area contributed by atoms with Crippen LogP contribution in [0.15, 0.2) is 41.6 Å². The number of aliphatic hydroxyl groups is 1. The summed E-state index contributed by atoms with van der Waals surface area (Å²) >= 11 is 0. The molecule has 14 heavy (non-hydrogen) atoms. The second-order valence-corrected chi connectivity index (χ2v) is 2.49. The summed E-state index contributed by atoms with van der Waals surface area (Å²) < 4.78 is 0. The topological polar surface area (TPSA) is 69.9 Å². The number of aliphatic hydroxyl groups excluding tert-OH is 1. The monoisotopic (exact) mass is 195 g/mol. The third-order valence-corrected chi connectivity index (χ3v) is 1.36. The van der Waals surface area contributed by atoms with Gasteiger partial charge in [0.25, 0.3) is 0 Å². The van der Waals surface area contributed by atoms with Crippen molar-refractivity contribution in [2.24, 2.45) is 4.99 Å². The van der Waals surface area contributed by atoms with Crippen molar-refractivity contribution in [3.8, 4) is 0 Å². The van der Waals surface area contributed by atoms with E-state index < -0.39 is 12.1 Å². The Labute approximate surface area is 82.6 Å². The van der Waals surface area contributed by atoms with Gasteiger partial charge in [0.05, 0.1) is 6.10 Å². The second-order valence-electron chi connectivity index (χ2n) is 2.49. The molecule has 0 saturated heterocycles. The molecule has 0 aromatic rings. The molecule has 0 bridgehead atoms. The summed E-state index contributed by atoms with van der Waals surface area (Å²) in [5, 5.41) is 17.6. The Hall–Kier alpha value is -1.68. The summed E-state index contributed by atoms with van der Waals surface area (Å²) in [6, 6.07) is 0. The molecule has 0 radical (unpaired) electrons. The normalized spacial score (nSPS) is 14.9. The fourth-order valence-electron chi connectivity index (χ4n) is 0.692. The Morgan fingerprint density at radius 3 is 2.57 bits per heavy atom. The van der Waals surface area contributed by atoms with Gasteiger partial charge in [-0.15, -0.1) is 0 Å².